The maximum Gasteiger partial charge on any atom is 0.325 e. The Morgan fingerprint density at radius 1 is 0.652 bits per heavy atom. The number of ether oxygens (including phenoxy) is 2. The van der Waals surface area contributed by atoms with Gasteiger partial charge in [0.15, 0.2) is 14.1 Å². The van der Waals surface area contributed by atoms with Gasteiger partial charge in [0, 0.05) is 278 Å². The average molecular weight is 2430 g/mol. The van der Waals surface area contributed by atoms with Gasteiger partial charge < -0.3 is 96.3 Å². The van der Waals surface area contributed by atoms with Crippen molar-refractivity contribution in [1.82, 2.24) is 20.0 Å². The zero-order chi connectivity index (χ0) is 43.3. The molecule has 4 amide bonds. The quantitative estimate of drug-likeness (QED) is 0.163. The number of carbonyl (C=O) groups excluding carboxylic acids is 7. The molecule has 3 heterocycles. The van der Waals surface area contributed by atoms with Crippen LogP contribution in [-0.4, -0.2) is 108 Å². The number of ketones is 1. The van der Waals surface area contributed by atoms with Crippen LogP contribution in [0.5, 0.6) is 0 Å². The van der Waals surface area contributed by atoms with Crippen LogP contribution >= 0.6 is 0 Å². The van der Waals surface area contributed by atoms with E-state index in [0.29, 0.717) is 32.1 Å². The van der Waals surface area contributed by atoms with E-state index in [4.69, 9.17) is 9.16 Å². The summed E-state index contributed by atoms with van der Waals surface area (Å²) < 4.78 is 15.7. The summed E-state index contributed by atoms with van der Waals surface area (Å²) in [6.45, 7) is 34.0. The molecule has 0 aromatic rings. The summed E-state index contributed by atoms with van der Waals surface area (Å²) in [7, 11) is 0.702. The first-order valence-electron chi connectivity index (χ1n) is 19.3. The largest absolute Gasteiger partial charge is 0.510 e. The zero-order valence-electron chi connectivity index (χ0n) is 43.0. The topological polar surface area (TPSA) is 169 Å². The van der Waals surface area contributed by atoms with Gasteiger partial charge in [-0.3, -0.25) is 34.5 Å². The summed E-state index contributed by atoms with van der Waals surface area (Å²) in [4.78, 5) is 86.3. The molecule has 4 rings (SSSR count). The van der Waals surface area contributed by atoms with E-state index in [-0.39, 0.29) is 351 Å². The number of amides is 4. The normalized spacial score (nSPS) is 20.1. The van der Waals surface area contributed by atoms with Gasteiger partial charge in [-0.05, 0) is 44.3 Å². The fraction of sp³-hybridized carbons (Fsp3) is 0.605. The first kappa shape index (κ1) is 106. The van der Waals surface area contributed by atoms with Crippen molar-refractivity contribution in [1.29, 1.82) is 0 Å². The Hall–Kier alpha value is 5.46. The number of rotatable bonds is 10. The summed E-state index contributed by atoms with van der Waals surface area (Å²) in [5.41, 5.74) is -0.680. The molecular weight excluding hydrogens is 2360 g/mol. The minimum atomic E-state index is -1.95. The molecule has 69 heavy (non-hydrogen) atoms. The van der Waals surface area contributed by atoms with Crippen LogP contribution in [0.25, 0.3) is 0 Å². The number of hydrogen-bond acceptors (Lipinski definition) is 10. The molecule has 0 bridgehead atoms. The summed E-state index contributed by atoms with van der Waals surface area (Å²) in [6.07, 6.45) is 6.93. The number of nitrogens with zero attached hydrogens (tertiary/aromatic N) is 3. The molecule has 3 aliphatic heterocycles. The van der Waals surface area contributed by atoms with Gasteiger partial charge in [0.1, 0.15) is 6.04 Å². The van der Waals surface area contributed by atoms with E-state index in [1.807, 2.05) is 13.8 Å². The molecule has 14 nitrogen and oxygen atoms in total. The van der Waals surface area contributed by atoms with E-state index >= 15 is 0 Å². The SMILES string of the molecule is CC.C[CH-]C(=O)N1[CH-]C(O[Si](C)(C)C(C)(C)C)C[C@H]1C(=O)OC.[CH2-]C1[CH-]N(C(=O)[CH-]C)[C@H](C(=O)NC2(C(C)=O)CC2)C1.[CH2-]C1[CH-]N(C(=O)[CH-]C)[C@H](C(=O)OC)C1.[CH3-].[CH3-].[U].[U].[U].[V].[V].[V].[W].[W].[W].[Y].[Y]. The van der Waals surface area contributed by atoms with Crippen molar-refractivity contribution in [2.75, 3.05) is 14.2 Å². The molecule has 0 spiro atoms. The molecule has 6 atom stereocenters. The molecule has 0 aromatic heterocycles. The predicted molar refractivity (Wildman–Crippen MR) is 227 cm³/mol. The van der Waals surface area contributed by atoms with E-state index in [1.54, 1.807) is 40.4 Å². The van der Waals surface area contributed by atoms with Crippen LogP contribution in [0, 0.1) is 173 Å². The molecule has 26 heteroatoms. The van der Waals surface area contributed by atoms with Crippen molar-refractivity contribution in [3.8, 4) is 0 Å². The van der Waals surface area contributed by atoms with Crippen molar-refractivity contribution >= 4 is 49.7 Å². The van der Waals surface area contributed by atoms with Gasteiger partial charge in [-0.15, -0.1) is 0 Å². The van der Waals surface area contributed by atoms with Gasteiger partial charge in [-0.2, -0.15) is 20.8 Å². The number of carbonyl (C=O) groups is 7. The monoisotopic (exact) mass is 2430 g/mol. The Bertz CT molecular complexity index is 1400. The maximum atomic E-state index is 12.3. The molecule has 1 aliphatic carbocycles. The summed E-state index contributed by atoms with van der Waals surface area (Å²) >= 11 is 0. The Morgan fingerprint density at radius 2 is 0.957 bits per heavy atom. The Labute approximate surface area is 619 Å². The summed E-state index contributed by atoms with van der Waals surface area (Å²) in [6, 6.07) is -1.65. The van der Waals surface area contributed by atoms with Gasteiger partial charge in [0.25, 0.3) is 0 Å². The standard InChI is InChI=1S/C15H27NO4Si.C14H19N2O3.C10H14NO3.C2H6.2CH3.3U.3V.3W.2Y/c1-8-13(17)16-10-11(9-12(16)14(18)19-5)20-21(6,7)15(2,3)4;1-4-12(18)16-8-9(2)7-11(16)13(19)15-14(5-6-14)10(3)17;1-4-9(12)11-6-7(2)5-8(11)10(13)14-3;1-2;;;;;;;;;;;;;/h8,10-12H,9H2,1-7H3;4,8-9,11H,2,5-7H2,1,3H3,(H,15,19);4,6-8H,2,5H2,1,3H3;1-2H3;2*1H3;;;;;;;;;;;/q-2;2*-3;;2*-1;;;;;;;;;;;/t11?,12-;9?,11-;7?,8-;;;;;;;;;;;;;;/m000............../s1. The molecular formula is C43H72N4O10SiU3V3W3Y2-10. The number of likely N-dealkylation sites (tertiary alicyclic amines) is 3. The van der Waals surface area contributed by atoms with Crippen molar-refractivity contribution in [3.63, 3.8) is 0 Å². The third-order valence-corrected chi connectivity index (χ3v) is 14.9. The van der Waals surface area contributed by atoms with Crippen LogP contribution in [0.1, 0.15) is 94.4 Å². The predicted octanol–water partition coefficient (Wildman–Crippen LogP) is 5.70. The van der Waals surface area contributed by atoms with E-state index < -0.39 is 38.0 Å². The Morgan fingerprint density at radius 3 is 1.25 bits per heavy atom. The number of nitrogens with one attached hydrogen (secondary N) is 1. The van der Waals surface area contributed by atoms with Crippen molar-refractivity contribution in [3.05, 3.63) is 67.6 Å². The number of esters is 2. The van der Waals surface area contributed by atoms with Crippen molar-refractivity contribution in [2.24, 2.45) is 11.8 Å². The molecule has 0 aromatic carbocycles. The van der Waals surface area contributed by atoms with Gasteiger partial charge >= 0.3 is 11.9 Å². The van der Waals surface area contributed by atoms with Crippen molar-refractivity contribution < 1.29 is 325 Å². The first-order valence-corrected chi connectivity index (χ1v) is 22.2. The van der Waals surface area contributed by atoms with Crippen LogP contribution in [0.3, 0.4) is 0 Å². The van der Waals surface area contributed by atoms with Crippen LogP contribution in [0.4, 0.5) is 0 Å². The molecule has 1 saturated carbocycles. The molecule has 4 fully saturated rings. The summed E-state index contributed by atoms with van der Waals surface area (Å²) in [5, 5.41) is 2.87. The summed E-state index contributed by atoms with van der Waals surface area (Å²) in [5.74, 6) is -1.74. The molecule has 3 saturated heterocycles. The van der Waals surface area contributed by atoms with Gasteiger partial charge in [-0.1, -0.05) is 53.6 Å². The van der Waals surface area contributed by atoms with E-state index in [9.17, 15) is 33.6 Å². The second-order valence-corrected chi connectivity index (χ2v) is 20.2. The van der Waals surface area contributed by atoms with Crippen LogP contribution in [0.15, 0.2) is 0 Å². The fourth-order valence-corrected chi connectivity index (χ4v) is 7.23. The van der Waals surface area contributed by atoms with Crippen LogP contribution in [-0.2, 0) is 232 Å². The number of methoxy groups -OCH3 is 2. The van der Waals surface area contributed by atoms with Crippen molar-refractivity contribution in [2.45, 2.75) is 142 Å². The average Bonchev–Trinajstić information content (AvgIpc) is 3.44. The first-order chi connectivity index (χ1) is 26.0. The van der Waals surface area contributed by atoms with E-state index in [1.165, 1.54) is 55.1 Å². The molecule has 389 valence electrons. The second-order valence-electron chi connectivity index (χ2n) is 15.4. The third kappa shape index (κ3) is 33.7. The molecule has 3 unspecified atom stereocenters. The molecule has 1 N–H and O–H groups in total. The van der Waals surface area contributed by atoms with Crippen LogP contribution in [0.2, 0.25) is 18.1 Å². The Kier molecular flexibility index (Phi) is 79.5. The Balaban J connectivity index is -0.0000000564. The minimum absolute atomic E-state index is 0. The maximum absolute atomic E-state index is 12.3. The van der Waals surface area contributed by atoms with Gasteiger partial charge in [0.2, 0.25) is 5.91 Å². The smallest absolute Gasteiger partial charge is 0.325 e. The molecule has 4 aliphatic rings. The van der Waals surface area contributed by atoms with E-state index in [0.717, 1.165) is 0 Å². The fourth-order valence-electron chi connectivity index (χ4n) is 5.96. The molecule has 5 radical (unpaired) electrons. The minimum Gasteiger partial charge on any atom is -0.510 e. The zero-order valence-corrected chi connectivity index (χ0v) is 75.2. The van der Waals surface area contributed by atoms with Crippen LogP contribution < -0.4 is 5.32 Å². The third-order valence-electron chi connectivity index (χ3n) is 10.4. The van der Waals surface area contributed by atoms with E-state index in [2.05, 4.69) is 57.8 Å². The number of hydrogen-bond donors (Lipinski definition) is 1. The van der Waals surface area contributed by atoms with Gasteiger partial charge in [-0.25, -0.2) is 16.1 Å². The number of Topliss-reactive ketones (excluding diaryl/α,β-unsaturated/α-hetero) is 1. The van der Waals surface area contributed by atoms with Gasteiger partial charge in [0.05, 0.1) is 49.6 Å². The second kappa shape index (κ2) is 51.6.